The molecule has 7 heteroatoms. The lowest BCUT2D eigenvalue weighted by molar-refractivity contribution is -0.133. The summed E-state index contributed by atoms with van der Waals surface area (Å²) in [5.41, 5.74) is 0.952. The number of rotatable bonds is 4. The standard InChI is InChI=1S/C17H17Cl2N3O2/c18-13-5-3-12(4-6-13)8-16(23)22-7-1-2-15(11-22)24-17-20-9-14(19)10-21-17/h3-6,9-10,15H,1-2,7-8,11H2/t15-/m1/s1. The second kappa shape index (κ2) is 7.81. The van der Waals surface area contributed by atoms with Crippen molar-refractivity contribution in [3.8, 4) is 6.01 Å². The zero-order valence-electron chi connectivity index (χ0n) is 13.0. The minimum absolute atomic E-state index is 0.0858. The Morgan fingerprint density at radius 2 is 1.88 bits per heavy atom. The maximum absolute atomic E-state index is 12.5. The summed E-state index contributed by atoms with van der Waals surface area (Å²) in [5.74, 6) is 0.0858. The Morgan fingerprint density at radius 1 is 1.17 bits per heavy atom. The third-order valence-corrected chi connectivity index (χ3v) is 4.32. The van der Waals surface area contributed by atoms with Gasteiger partial charge >= 0.3 is 6.01 Å². The average Bonchev–Trinajstić information content (AvgIpc) is 2.59. The van der Waals surface area contributed by atoms with Crippen molar-refractivity contribution >= 4 is 29.1 Å². The van der Waals surface area contributed by atoms with Crippen LogP contribution in [0.2, 0.25) is 10.0 Å². The fourth-order valence-electron chi connectivity index (χ4n) is 2.66. The molecular weight excluding hydrogens is 349 g/mol. The molecule has 1 atom stereocenters. The lowest BCUT2D eigenvalue weighted by Crippen LogP contribution is -2.45. The number of piperidine rings is 1. The molecule has 0 bridgehead atoms. The maximum atomic E-state index is 12.5. The number of benzene rings is 1. The number of carbonyl (C=O) groups excluding carboxylic acids is 1. The smallest absolute Gasteiger partial charge is 0.316 e. The first kappa shape index (κ1) is 17.0. The molecule has 0 spiro atoms. The summed E-state index contributed by atoms with van der Waals surface area (Å²) in [4.78, 5) is 22.4. The first-order valence-corrected chi connectivity index (χ1v) is 8.52. The predicted molar refractivity (Wildman–Crippen MR) is 92.4 cm³/mol. The summed E-state index contributed by atoms with van der Waals surface area (Å²) in [7, 11) is 0. The van der Waals surface area contributed by atoms with Crippen molar-refractivity contribution in [2.24, 2.45) is 0 Å². The second-order valence-electron chi connectivity index (χ2n) is 5.71. The number of amides is 1. The van der Waals surface area contributed by atoms with Crippen LogP contribution in [0.3, 0.4) is 0 Å². The fourth-order valence-corrected chi connectivity index (χ4v) is 2.88. The van der Waals surface area contributed by atoms with Crippen molar-refractivity contribution in [3.05, 3.63) is 52.3 Å². The molecule has 1 aromatic carbocycles. The summed E-state index contributed by atoms with van der Waals surface area (Å²) in [6.45, 7) is 1.28. The van der Waals surface area contributed by atoms with Crippen LogP contribution >= 0.6 is 23.2 Å². The van der Waals surface area contributed by atoms with E-state index in [0.29, 0.717) is 23.0 Å². The zero-order chi connectivity index (χ0) is 16.9. The Bertz CT molecular complexity index is 692. The van der Waals surface area contributed by atoms with E-state index < -0.39 is 0 Å². The normalized spacial score (nSPS) is 17.6. The highest BCUT2D eigenvalue weighted by molar-refractivity contribution is 6.30. The van der Waals surface area contributed by atoms with Crippen molar-refractivity contribution in [3.63, 3.8) is 0 Å². The number of nitrogens with zero attached hydrogens (tertiary/aromatic N) is 3. The summed E-state index contributed by atoms with van der Waals surface area (Å²) in [5, 5.41) is 1.13. The number of hydrogen-bond donors (Lipinski definition) is 0. The summed E-state index contributed by atoms with van der Waals surface area (Å²) in [6, 6.07) is 7.63. The van der Waals surface area contributed by atoms with Gasteiger partial charge in [0.25, 0.3) is 0 Å². The number of ether oxygens (including phenoxy) is 1. The Labute approximate surface area is 150 Å². The SMILES string of the molecule is O=C(Cc1ccc(Cl)cc1)N1CCC[C@@H](Oc2ncc(Cl)cn2)C1. The maximum Gasteiger partial charge on any atom is 0.316 e. The Hall–Kier alpha value is -1.85. The van der Waals surface area contributed by atoms with E-state index in [4.69, 9.17) is 27.9 Å². The van der Waals surface area contributed by atoms with Gasteiger partial charge < -0.3 is 9.64 Å². The molecular formula is C17H17Cl2N3O2. The molecule has 1 saturated heterocycles. The van der Waals surface area contributed by atoms with Crippen LogP contribution in [0.1, 0.15) is 18.4 Å². The monoisotopic (exact) mass is 365 g/mol. The molecule has 1 aliphatic rings. The molecule has 3 rings (SSSR count). The zero-order valence-corrected chi connectivity index (χ0v) is 14.5. The highest BCUT2D eigenvalue weighted by Gasteiger charge is 2.25. The van der Waals surface area contributed by atoms with Gasteiger partial charge in [0.05, 0.1) is 30.4 Å². The Balaban J connectivity index is 1.57. The van der Waals surface area contributed by atoms with Crippen molar-refractivity contribution in [1.29, 1.82) is 0 Å². The lowest BCUT2D eigenvalue weighted by atomic mass is 10.1. The van der Waals surface area contributed by atoms with E-state index in [1.807, 2.05) is 17.0 Å². The lowest BCUT2D eigenvalue weighted by Gasteiger charge is -2.32. The van der Waals surface area contributed by atoms with E-state index in [0.717, 1.165) is 24.9 Å². The van der Waals surface area contributed by atoms with Crippen LogP contribution in [0.4, 0.5) is 0 Å². The van der Waals surface area contributed by atoms with Crippen molar-refractivity contribution in [2.75, 3.05) is 13.1 Å². The van der Waals surface area contributed by atoms with Gasteiger partial charge in [-0.3, -0.25) is 4.79 Å². The van der Waals surface area contributed by atoms with Crippen molar-refractivity contribution < 1.29 is 9.53 Å². The van der Waals surface area contributed by atoms with Gasteiger partial charge in [0.2, 0.25) is 5.91 Å². The quantitative estimate of drug-likeness (QED) is 0.832. The topological polar surface area (TPSA) is 55.3 Å². The van der Waals surface area contributed by atoms with Gasteiger partial charge in [-0.2, -0.15) is 0 Å². The fraction of sp³-hybridized carbons (Fsp3) is 0.353. The third-order valence-electron chi connectivity index (χ3n) is 3.87. The number of halogens is 2. The number of aromatic nitrogens is 2. The van der Waals surface area contributed by atoms with Gasteiger partial charge in [0, 0.05) is 11.6 Å². The molecule has 2 aromatic rings. The van der Waals surface area contributed by atoms with Crippen molar-refractivity contribution in [2.45, 2.75) is 25.4 Å². The molecule has 0 saturated carbocycles. The molecule has 2 heterocycles. The van der Waals surface area contributed by atoms with Gasteiger partial charge in [0.15, 0.2) is 0 Å². The Kier molecular flexibility index (Phi) is 5.53. The molecule has 5 nitrogen and oxygen atoms in total. The van der Waals surface area contributed by atoms with Crippen LogP contribution < -0.4 is 4.74 Å². The molecule has 0 aliphatic carbocycles. The third kappa shape index (κ3) is 4.58. The largest absolute Gasteiger partial charge is 0.458 e. The summed E-state index contributed by atoms with van der Waals surface area (Å²) >= 11 is 11.6. The van der Waals surface area contributed by atoms with E-state index >= 15 is 0 Å². The summed E-state index contributed by atoms with van der Waals surface area (Å²) < 4.78 is 5.76. The first-order chi connectivity index (χ1) is 11.6. The van der Waals surface area contributed by atoms with Gasteiger partial charge in [-0.15, -0.1) is 0 Å². The van der Waals surface area contributed by atoms with Gasteiger partial charge in [-0.05, 0) is 30.5 Å². The van der Waals surface area contributed by atoms with Gasteiger partial charge in [-0.1, -0.05) is 35.3 Å². The van der Waals surface area contributed by atoms with E-state index in [1.54, 1.807) is 12.1 Å². The minimum atomic E-state index is -0.103. The predicted octanol–water partition coefficient (Wildman–Crippen LogP) is 3.40. The van der Waals surface area contributed by atoms with E-state index in [9.17, 15) is 4.79 Å². The van der Waals surface area contributed by atoms with E-state index in [1.165, 1.54) is 12.4 Å². The minimum Gasteiger partial charge on any atom is -0.458 e. The van der Waals surface area contributed by atoms with Crippen molar-refractivity contribution in [1.82, 2.24) is 14.9 Å². The van der Waals surface area contributed by atoms with Crippen LogP contribution in [0, 0.1) is 0 Å². The Morgan fingerprint density at radius 3 is 2.58 bits per heavy atom. The van der Waals surface area contributed by atoms with Gasteiger partial charge in [0.1, 0.15) is 6.10 Å². The van der Waals surface area contributed by atoms with Crippen LogP contribution in [0.25, 0.3) is 0 Å². The molecule has 126 valence electrons. The van der Waals surface area contributed by atoms with Crippen LogP contribution in [0.5, 0.6) is 6.01 Å². The number of hydrogen-bond acceptors (Lipinski definition) is 4. The molecule has 1 fully saturated rings. The molecule has 1 aliphatic heterocycles. The first-order valence-electron chi connectivity index (χ1n) is 7.76. The summed E-state index contributed by atoms with van der Waals surface area (Å²) in [6.07, 6.45) is 5.02. The highest BCUT2D eigenvalue weighted by Crippen LogP contribution is 2.18. The molecule has 0 radical (unpaired) electrons. The number of carbonyl (C=O) groups is 1. The highest BCUT2D eigenvalue weighted by atomic mass is 35.5. The molecule has 1 aromatic heterocycles. The molecule has 1 amide bonds. The second-order valence-corrected chi connectivity index (χ2v) is 6.58. The number of likely N-dealkylation sites (tertiary alicyclic amines) is 1. The van der Waals surface area contributed by atoms with Crippen LogP contribution in [-0.2, 0) is 11.2 Å². The van der Waals surface area contributed by atoms with Crippen LogP contribution in [0.15, 0.2) is 36.7 Å². The van der Waals surface area contributed by atoms with E-state index in [-0.39, 0.29) is 18.0 Å². The molecule has 0 N–H and O–H groups in total. The van der Waals surface area contributed by atoms with Gasteiger partial charge in [-0.25, -0.2) is 9.97 Å². The molecule has 24 heavy (non-hydrogen) atoms. The van der Waals surface area contributed by atoms with E-state index in [2.05, 4.69) is 9.97 Å². The average molecular weight is 366 g/mol. The molecule has 0 unspecified atom stereocenters. The van der Waals surface area contributed by atoms with Crippen LogP contribution in [-0.4, -0.2) is 40.0 Å².